The summed E-state index contributed by atoms with van der Waals surface area (Å²) in [5.41, 5.74) is 2.15. The number of hydrogen-bond donors (Lipinski definition) is 2. The highest BCUT2D eigenvalue weighted by molar-refractivity contribution is 6.05. The Balaban J connectivity index is 1.61. The summed E-state index contributed by atoms with van der Waals surface area (Å²) in [5.74, 6) is -0.354. The number of urea groups is 1. The van der Waals surface area contributed by atoms with Gasteiger partial charge in [0.2, 0.25) is 0 Å². The van der Waals surface area contributed by atoms with Crippen molar-refractivity contribution in [2.45, 2.75) is 6.92 Å². The van der Waals surface area contributed by atoms with Gasteiger partial charge in [0.1, 0.15) is 0 Å². The van der Waals surface area contributed by atoms with Gasteiger partial charge in [-0.1, -0.05) is 12.1 Å². The van der Waals surface area contributed by atoms with Crippen LogP contribution in [0.2, 0.25) is 0 Å². The number of carbonyl (C=O) groups is 3. The molecular weight excluding hydrogens is 346 g/mol. The van der Waals surface area contributed by atoms with Crippen molar-refractivity contribution in [2.75, 3.05) is 36.9 Å². The van der Waals surface area contributed by atoms with Crippen LogP contribution in [0.3, 0.4) is 0 Å². The fourth-order valence-electron chi connectivity index (χ4n) is 2.69. The average Bonchev–Trinajstić information content (AvgIpc) is 2.69. The molecule has 7 nitrogen and oxygen atoms in total. The van der Waals surface area contributed by atoms with Crippen LogP contribution in [0.5, 0.6) is 0 Å². The minimum absolute atomic E-state index is 0.0635. The molecule has 0 unspecified atom stereocenters. The van der Waals surface area contributed by atoms with Gasteiger partial charge in [-0.2, -0.15) is 0 Å². The molecule has 0 aromatic heterocycles. The van der Waals surface area contributed by atoms with Crippen molar-refractivity contribution in [1.29, 1.82) is 0 Å². The molecule has 1 fully saturated rings. The predicted octanol–water partition coefficient (Wildman–Crippen LogP) is 3.01. The summed E-state index contributed by atoms with van der Waals surface area (Å²) in [7, 11) is 0. The van der Waals surface area contributed by atoms with Gasteiger partial charge in [0.25, 0.3) is 5.91 Å². The minimum atomic E-state index is -0.290. The van der Waals surface area contributed by atoms with E-state index in [1.807, 2.05) is 0 Å². The van der Waals surface area contributed by atoms with Crippen molar-refractivity contribution in [3.8, 4) is 0 Å². The van der Waals surface area contributed by atoms with Crippen LogP contribution in [0.4, 0.5) is 16.2 Å². The number of nitrogens with zero attached hydrogens (tertiary/aromatic N) is 1. The third-order valence-corrected chi connectivity index (χ3v) is 4.22. The first-order valence-electron chi connectivity index (χ1n) is 8.69. The van der Waals surface area contributed by atoms with Crippen molar-refractivity contribution < 1.29 is 19.1 Å². The van der Waals surface area contributed by atoms with Crippen LogP contribution in [0.15, 0.2) is 48.5 Å². The van der Waals surface area contributed by atoms with E-state index >= 15 is 0 Å². The van der Waals surface area contributed by atoms with Crippen LogP contribution < -0.4 is 10.6 Å². The standard InChI is InChI=1S/C20H21N3O4/c1-14(24)16-3-2-4-18(13-16)21-19(25)15-5-7-17(8-6-15)22-20(26)23-9-11-27-12-10-23/h2-8,13H,9-12H2,1H3,(H,21,25)(H,22,26). The molecule has 27 heavy (non-hydrogen) atoms. The highest BCUT2D eigenvalue weighted by Crippen LogP contribution is 2.15. The summed E-state index contributed by atoms with van der Waals surface area (Å²) < 4.78 is 5.23. The summed E-state index contributed by atoms with van der Waals surface area (Å²) in [4.78, 5) is 37.7. The first kappa shape index (κ1) is 18.6. The summed E-state index contributed by atoms with van der Waals surface area (Å²) in [6.07, 6.45) is 0. The second kappa shape index (κ2) is 8.46. The fraction of sp³-hybridized carbons (Fsp3) is 0.250. The molecule has 0 atom stereocenters. The Hall–Kier alpha value is -3.19. The summed E-state index contributed by atoms with van der Waals surface area (Å²) in [6, 6.07) is 13.2. The molecule has 1 aliphatic rings. The van der Waals surface area contributed by atoms with Crippen LogP contribution in [-0.4, -0.2) is 48.9 Å². The Labute approximate surface area is 157 Å². The zero-order valence-electron chi connectivity index (χ0n) is 15.0. The zero-order valence-corrected chi connectivity index (χ0v) is 15.0. The Bertz CT molecular complexity index is 843. The lowest BCUT2D eigenvalue weighted by molar-refractivity contribution is 0.0564. The van der Waals surface area contributed by atoms with Crippen LogP contribution >= 0.6 is 0 Å². The number of rotatable bonds is 4. The van der Waals surface area contributed by atoms with Crippen LogP contribution in [0.25, 0.3) is 0 Å². The van der Waals surface area contributed by atoms with Gasteiger partial charge in [0.05, 0.1) is 13.2 Å². The predicted molar refractivity (Wildman–Crippen MR) is 102 cm³/mol. The molecule has 1 heterocycles. The lowest BCUT2D eigenvalue weighted by Gasteiger charge is -2.26. The van der Waals surface area contributed by atoms with E-state index in [0.717, 1.165) is 0 Å². The van der Waals surface area contributed by atoms with E-state index < -0.39 is 0 Å². The van der Waals surface area contributed by atoms with Gasteiger partial charge < -0.3 is 20.3 Å². The monoisotopic (exact) mass is 367 g/mol. The Morgan fingerprint density at radius 3 is 2.26 bits per heavy atom. The molecular formula is C20H21N3O4. The molecule has 0 radical (unpaired) electrons. The van der Waals surface area contributed by atoms with Gasteiger partial charge in [-0.05, 0) is 43.3 Å². The Kier molecular flexibility index (Phi) is 5.83. The molecule has 2 aromatic carbocycles. The van der Waals surface area contributed by atoms with Gasteiger partial charge in [0, 0.05) is 35.6 Å². The summed E-state index contributed by atoms with van der Waals surface area (Å²) >= 11 is 0. The van der Waals surface area contributed by atoms with Crippen LogP contribution in [-0.2, 0) is 4.74 Å². The number of ketones is 1. The van der Waals surface area contributed by atoms with Gasteiger partial charge in [-0.15, -0.1) is 0 Å². The zero-order chi connectivity index (χ0) is 19.2. The van der Waals surface area contributed by atoms with Crippen molar-refractivity contribution in [3.63, 3.8) is 0 Å². The number of amides is 3. The number of Topliss-reactive ketones (excluding diaryl/α,β-unsaturated/α-hetero) is 1. The smallest absolute Gasteiger partial charge is 0.321 e. The number of morpholine rings is 1. The molecule has 0 bridgehead atoms. The molecule has 2 N–H and O–H groups in total. The van der Waals surface area contributed by atoms with Gasteiger partial charge in [0.15, 0.2) is 5.78 Å². The van der Waals surface area contributed by atoms with E-state index in [4.69, 9.17) is 4.74 Å². The number of carbonyl (C=O) groups excluding carboxylic acids is 3. The normalized spacial score (nSPS) is 13.7. The second-order valence-corrected chi connectivity index (χ2v) is 6.20. The third kappa shape index (κ3) is 4.92. The molecule has 1 saturated heterocycles. The van der Waals surface area contributed by atoms with E-state index in [0.29, 0.717) is 48.8 Å². The molecule has 3 amide bonds. The minimum Gasteiger partial charge on any atom is -0.378 e. The molecule has 140 valence electrons. The topological polar surface area (TPSA) is 87.7 Å². The molecule has 7 heteroatoms. The lowest BCUT2D eigenvalue weighted by atomic mass is 10.1. The molecule has 3 rings (SSSR count). The number of ether oxygens (including phenoxy) is 1. The van der Waals surface area contributed by atoms with E-state index in [1.54, 1.807) is 53.4 Å². The largest absolute Gasteiger partial charge is 0.378 e. The maximum atomic E-state index is 12.4. The number of nitrogens with one attached hydrogen (secondary N) is 2. The Morgan fingerprint density at radius 2 is 1.59 bits per heavy atom. The van der Waals surface area contributed by atoms with Crippen molar-refractivity contribution in [2.24, 2.45) is 0 Å². The molecule has 0 spiro atoms. The number of hydrogen-bond acceptors (Lipinski definition) is 4. The van der Waals surface area contributed by atoms with Gasteiger partial charge >= 0.3 is 6.03 Å². The van der Waals surface area contributed by atoms with Crippen molar-refractivity contribution >= 4 is 29.1 Å². The van der Waals surface area contributed by atoms with E-state index in [1.165, 1.54) is 6.92 Å². The SMILES string of the molecule is CC(=O)c1cccc(NC(=O)c2ccc(NC(=O)N3CCOCC3)cc2)c1. The Morgan fingerprint density at radius 1 is 0.889 bits per heavy atom. The third-order valence-electron chi connectivity index (χ3n) is 4.22. The lowest BCUT2D eigenvalue weighted by Crippen LogP contribution is -2.43. The van der Waals surface area contributed by atoms with Crippen molar-refractivity contribution in [3.05, 3.63) is 59.7 Å². The summed E-state index contributed by atoms with van der Waals surface area (Å²) in [5, 5.41) is 5.57. The molecule has 1 aliphatic heterocycles. The van der Waals surface area contributed by atoms with Crippen LogP contribution in [0.1, 0.15) is 27.6 Å². The van der Waals surface area contributed by atoms with E-state index in [2.05, 4.69) is 10.6 Å². The molecule has 0 aliphatic carbocycles. The maximum Gasteiger partial charge on any atom is 0.321 e. The van der Waals surface area contributed by atoms with Crippen LogP contribution in [0, 0.1) is 0 Å². The fourth-order valence-corrected chi connectivity index (χ4v) is 2.69. The second-order valence-electron chi connectivity index (χ2n) is 6.20. The first-order valence-corrected chi connectivity index (χ1v) is 8.69. The average molecular weight is 367 g/mol. The number of benzene rings is 2. The first-order chi connectivity index (χ1) is 13.0. The van der Waals surface area contributed by atoms with Gasteiger partial charge in [-0.3, -0.25) is 9.59 Å². The van der Waals surface area contributed by atoms with Crippen molar-refractivity contribution in [1.82, 2.24) is 4.90 Å². The highest BCUT2D eigenvalue weighted by Gasteiger charge is 2.16. The maximum absolute atomic E-state index is 12.4. The molecule has 2 aromatic rings. The van der Waals surface area contributed by atoms with E-state index in [-0.39, 0.29) is 17.7 Å². The quantitative estimate of drug-likeness (QED) is 0.813. The molecule has 0 saturated carbocycles. The summed E-state index contributed by atoms with van der Waals surface area (Å²) in [6.45, 7) is 3.68. The van der Waals surface area contributed by atoms with Gasteiger partial charge in [-0.25, -0.2) is 4.79 Å². The number of anilines is 2. The highest BCUT2D eigenvalue weighted by atomic mass is 16.5. The van der Waals surface area contributed by atoms with E-state index in [9.17, 15) is 14.4 Å².